The van der Waals surface area contributed by atoms with Gasteiger partial charge in [0.15, 0.2) is 0 Å². The fraction of sp³-hybridized carbons (Fsp3) is 0.125. The van der Waals surface area contributed by atoms with Gasteiger partial charge >= 0.3 is 0 Å². The molecule has 0 bridgehead atoms. The van der Waals surface area contributed by atoms with Crippen molar-refractivity contribution in [1.29, 1.82) is 0 Å². The van der Waals surface area contributed by atoms with Gasteiger partial charge in [0.25, 0.3) is 0 Å². The lowest BCUT2D eigenvalue weighted by Gasteiger charge is -1.97. The molecule has 1 heterocycles. The van der Waals surface area contributed by atoms with Gasteiger partial charge in [0.05, 0.1) is 17.3 Å². The van der Waals surface area contributed by atoms with Gasteiger partial charge in [-0.2, -0.15) is 0 Å². The van der Waals surface area contributed by atoms with Crippen LogP contribution in [0.4, 0.5) is 0 Å². The molecule has 1 aliphatic heterocycles. The zero-order valence-electron chi connectivity index (χ0n) is 5.71. The topological polar surface area (TPSA) is 32.6 Å². The lowest BCUT2D eigenvalue weighted by molar-refractivity contribution is 0.475. The molecule has 3 heteroatoms. The smallest absolute Gasteiger partial charge is 0.117 e. The molecule has 2 rings (SSSR count). The Balaban J connectivity index is 2.48. The number of nitrogens with zero attached hydrogens (tertiary/aromatic N) is 1. The van der Waals surface area contributed by atoms with E-state index in [-0.39, 0.29) is 5.75 Å². The van der Waals surface area contributed by atoms with Crippen LogP contribution >= 0.6 is 11.6 Å². The first-order valence-electron chi connectivity index (χ1n) is 3.29. The standard InChI is InChI=1S/C8H6ClNO/c9-7-3-5(11)1-2-6(7)8-4-10-8/h1-3,11H,4H2. The minimum Gasteiger partial charge on any atom is -0.508 e. The van der Waals surface area contributed by atoms with Gasteiger partial charge in [0, 0.05) is 5.56 Å². The normalized spacial score (nSPS) is 14.5. The Labute approximate surface area is 69.1 Å². The first-order valence-corrected chi connectivity index (χ1v) is 3.67. The van der Waals surface area contributed by atoms with E-state index in [1.54, 1.807) is 12.1 Å². The van der Waals surface area contributed by atoms with Crippen molar-refractivity contribution in [3.8, 4) is 5.75 Å². The van der Waals surface area contributed by atoms with E-state index in [4.69, 9.17) is 16.7 Å². The number of aromatic hydroxyl groups is 1. The molecule has 0 aliphatic carbocycles. The molecule has 0 saturated heterocycles. The molecule has 1 N–H and O–H groups in total. The average molecular weight is 168 g/mol. The number of phenols is 1. The van der Waals surface area contributed by atoms with E-state index in [0.717, 1.165) is 17.8 Å². The first kappa shape index (κ1) is 6.68. The van der Waals surface area contributed by atoms with Crippen molar-refractivity contribution >= 4 is 17.3 Å². The Morgan fingerprint density at radius 2 is 2.18 bits per heavy atom. The van der Waals surface area contributed by atoms with Crippen molar-refractivity contribution in [1.82, 2.24) is 0 Å². The van der Waals surface area contributed by atoms with Crippen LogP contribution in [-0.2, 0) is 0 Å². The fourth-order valence-corrected chi connectivity index (χ4v) is 1.23. The zero-order valence-corrected chi connectivity index (χ0v) is 6.47. The number of hydrogen-bond acceptors (Lipinski definition) is 2. The lowest BCUT2D eigenvalue weighted by atomic mass is 10.2. The van der Waals surface area contributed by atoms with Crippen LogP contribution in [0, 0.1) is 0 Å². The summed E-state index contributed by atoms with van der Waals surface area (Å²) in [5.41, 5.74) is 1.96. The molecule has 0 radical (unpaired) electrons. The first-order chi connectivity index (χ1) is 5.27. The number of halogens is 1. The second kappa shape index (κ2) is 2.24. The van der Waals surface area contributed by atoms with Crippen LogP contribution in [0.25, 0.3) is 0 Å². The number of phenolic OH excluding ortho intramolecular Hbond substituents is 1. The lowest BCUT2D eigenvalue weighted by Crippen LogP contribution is -1.87. The molecule has 0 saturated carbocycles. The van der Waals surface area contributed by atoms with Crippen molar-refractivity contribution < 1.29 is 5.11 Å². The van der Waals surface area contributed by atoms with Gasteiger partial charge in [-0.25, -0.2) is 0 Å². The maximum Gasteiger partial charge on any atom is 0.117 e. The molecule has 0 amide bonds. The predicted molar refractivity (Wildman–Crippen MR) is 44.5 cm³/mol. The largest absolute Gasteiger partial charge is 0.508 e. The summed E-state index contributed by atoms with van der Waals surface area (Å²) in [7, 11) is 0. The van der Waals surface area contributed by atoms with Crippen LogP contribution in [0.3, 0.4) is 0 Å². The summed E-state index contributed by atoms with van der Waals surface area (Å²) in [6.45, 7) is 0.782. The van der Waals surface area contributed by atoms with Crippen LogP contribution < -0.4 is 0 Å². The Hall–Kier alpha value is -1.02. The number of benzene rings is 1. The van der Waals surface area contributed by atoms with Crippen LogP contribution in [0.5, 0.6) is 5.75 Å². The van der Waals surface area contributed by atoms with Crippen LogP contribution in [0.1, 0.15) is 5.56 Å². The molecular weight excluding hydrogens is 162 g/mol. The van der Waals surface area contributed by atoms with Crippen molar-refractivity contribution in [2.45, 2.75) is 0 Å². The SMILES string of the molecule is Oc1ccc(C2=NC2)c(Cl)c1. The molecule has 0 unspecified atom stereocenters. The second-order valence-electron chi connectivity index (χ2n) is 2.43. The minimum atomic E-state index is 0.194. The van der Waals surface area contributed by atoms with Gasteiger partial charge < -0.3 is 5.11 Å². The van der Waals surface area contributed by atoms with E-state index in [1.807, 2.05) is 0 Å². The van der Waals surface area contributed by atoms with E-state index in [1.165, 1.54) is 6.07 Å². The second-order valence-corrected chi connectivity index (χ2v) is 2.83. The quantitative estimate of drug-likeness (QED) is 0.680. The third-order valence-electron chi connectivity index (χ3n) is 1.58. The summed E-state index contributed by atoms with van der Waals surface area (Å²) in [4.78, 5) is 4.01. The molecule has 1 aliphatic rings. The number of aliphatic imine (C=N–C) groups is 1. The van der Waals surface area contributed by atoms with Crippen LogP contribution in [-0.4, -0.2) is 17.4 Å². The summed E-state index contributed by atoms with van der Waals surface area (Å²) in [6.07, 6.45) is 0. The Kier molecular flexibility index (Phi) is 1.36. The Morgan fingerprint density at radius 3 is 2.73 bits per heavy atom. The maximum absolute atomic E-state index is 9.02. The molecule has 2 nitrogen and oxygen atoms in total. The summed E-state index contributed by atoms with van der Waals surface area (Å²) in [6, 6.07) is 4.92. The van der Waals surface area contributed by atoms with Crippen molar-refractivity contribution in [2.24, 2.45) is 4.99 Å². The molecule has 1 aromatic rings. The molecule has 11 heavy (non-hydrogen) atoms. The van der Waals surface area contributed by atoms with Crippen molar-refractivity contribution in [3.05, 3.63) is 28.8 Å². The predicted octanol–water partition coefficient (Wildman–Crippen LogP) is 1.85. The van der Waals surface area contributed by atoms with Crippen molar-refractivity contribution in [2.75, 3.05) is 6.54 Å². The fourth-order valence-electron chi connectivity index (χ4n) is 0.948. The highest BCUT2D eigenvalue weighted by Crippen LogP contribution is 2.24. The van der Waals surface area contributed by atoms with E-state index in [0.29, 0.717) is 5.02 Å². The molecule has 0 spiro atoms. The summed E-state index contributed by atoms with van der Waals surface area (Å²) >= 11 is 5.82. The Morgan fingerprint density at radius 1 is 1.45 bits per heavy atom. The maximum atomic E-state index is 9.02. The Bertz CT molecular complexity index is 333. The third kappa shape index (κ3) is 1.21. The van der Waals surface area contributed by atoms with E-state index >= 15 is 0 Å². The van der Waals surface area contributed by atoms with Crippen LogP contribution in [0.2, 0.25) is 5.02 Å². The number of hydrogen-bond donors (Lipinski definition) is 1. The molecule has 56 valence electrons. The summed E-state index contributed by atoms with van der Waals surface area (Å²) in [5, 5.41) is 9.59. The third-order valence-corrected chi connectivity index (χ3v) is 1.89. The van der Waals surface area contributed by atoms with Gasteiger partial charge in [-0.3, -0.25) is 4.99 Å². The minimum absolute atomic E-state index is 0.194. The summed E-state index contributed by atoms with van der Waals surface area (Å²) < 4.78 is 0. The monoisotopic (exact) mass is 167 g/mol. The molecule has 1 aromatic carbocycles. The van der Waals surface area contributed by atoms with Crippen molar-refractivity contribution in [3.63, 3.8) is 0 Å². The number of rotatable bonds is 1. The highest BCUT2D eigenvalue weighted by Gasteiger charge is 2.15. The summed E-state index contributed by atoms with van der Waals surface area (Å²) in [5.74, 6) is 0.194. The van der Waals surface area contributed by atoms with E-state index in [2.05, 4.69) is 4.99 Å². The van der Waals surface area contributed by atoms with Gasteiger partial charge in [0.1, 0.15) is 5.75 Å². The highest BCUT2D eigenvalue weighted by atomic mass is 35.5. The molecular formula is C8H6ClNO. The van der Waals surface area contributed by atoms with E-state index in [9.17, 15) is 0 Å². The highest BCUT2D eigenvalue weighted by molar-refractivity contribution is 6.35. The van der Waals surface area contributed by atoms with Gasteiger partial charge in [-0.15, -0.1) is 0 Å². The zero-order chi connectivity index (χ0) is 7.84. The van der Waals surface area contributed by atoms with Crippen LogP contribution in [0.15, 0.2) is 23.2 Å². The van der Waals surface area contributed by atoms with E-state index < -0.39 is 0 Å². The average Bonchev–Trinajstić information content (AvgIpc) is 2.70. The van der Waals surface area contributed by atoms with Gasteiger partial charge in [-0.05, 0) is 18.2 Å². The van der Waals surface area contributed by atoms with Gasteiger partial charge in [0.2, 0.25) is 0 Å². The van der Waals surface area contributed by atoms with Gasteiger partial charge in [-0.1, -0.05) is 11.6 Å². The molecule has 0 fully saturated rings. The molecule has 0 aromatic heterocycles. The molecule has 0 atom stereocenters.